The molecule has 7 nitrogen and oxygen atoms in total. The smallest absolute Gasteiger partial charge is 0.322 e. The van der Waals surface area contributed by atoms with Crippen molar-refractivity contribution in [2.45, 2.75) is 6.92 Å². The van der Waals surface area contributed by atoms with Gasteiger partial charge in [0.2, 0.25) is 0 Å². The Balaban J connectivity index is 1.59. The van der Waals surface area contributed by atoms with Crippen molar-refractivity contribution in [1.29, 1.82) is 0 Å². The molecule has 1 N–H and O–H groups in total. The predicted octanol–water partition coefficient (Wildman–Crippen LogP) is 2.86. The number of aromatic nitrogens is 2. The molecular weight excluding hydrogens is 352 g/mol. The largest absolute Gasteiger partial charge is 0.376 e. The number of piperazine rings is 1. The monoisotopic (exact) mass is 374 g/mol. The number of carbonyl (C=O) groups is 1. The lowest BCUT2D eigenvalue weighted by Gasteiger charge is -2.35. The minimum Gasteiger partial charge on any atom is -0.376 e. The highest BCUT2D eigenvalue weighted by atomic mass is 35.5. The van der Waals surface area contributed by atoms with Crippen molar-refractivity contribution in [2.75, 3.05) is 55.4 Å². The Hall–Kier alpha value is -2.54. The first-order valence-electron chi connectivity index (χ1n) is 8.51. The van der Waals surface area contributed by atoms with Crippen molar-refractivity contribution in [3.8, 4) is 0 Å². The Labute approximate surface area is 158 Å². The number of benzene rings is 1. The number of anilines is 3. The summed E-state index contributed by atoms with van der Waals surface area (Å²) in [5.74, 6) is 0.831. The number of nitrogens with one attached hydrogen (secondary N) is 1. The molecule has 8 heteroatoms. The van der Waals surface area contributed by atoms with Gasteiger partial charge >= 0.3 is 6.03 Å². The minimum atomic E-state index is -0.136. The van der Waals surface area contributed by atoms with Crippen LogP contribution >= 0.6 is 11.6 Å². The van der Waals surface area contributed by atoms with E-state index in [0.717, 1.165) is 17.1 Å². The number of hydrogen-bond acceptors (Lipinski definition) is 5. The van der Waals surface area contributed by atoms with Gasteiger partial charge in [-0.3, -0.25) is 0 Å². The van der Waals surface area contributed by atoms with Crippen LogP contribution in [0, 0.1) is 6.92 Å². The molecule has 0 bridgehead atoms. The number of aryl methyl sites for hydroxylation is 1. The van der Waals surface area contributed by atoms with E-state index in [9.17, 15) is 4.79 Å². The zero-order valence-electron chi connectivity index (χ0n) is 15.2. The van der Waals surface area contributed by atoms with Crippen LogP contribution in [0.1, 0.15) is 5.56 Å². The molecule has 2 heterocycles. The highest BCUT2D eigenvalue weighted by Gasteiger charge is 2.23. The summed E-state index contributed by atoms with van der Waals surface area (Å²) in [4.78, 5) is 18.4. The molecule has 1 aromatic carbocycles. The molecule has 0 aliphatic carbocycles. The second-order valence-electron chi connectivity index (χ2n) is 6.55. The Bertz CT molecular complexity index is 789. The maximum absolute atomic E-state index is 12.5. The van der Waals surface area contributed by atoms with Gasteiger partial charge in [-0.25, -0.2) is 4.79 Å². The summed E-state index contributed by atoms with van der Waals surface area (Å²) in [6, 6.07) is 7.47. The Morgan fingerprint density at radius 3 is 2.58 bits per heavy atom. The van der Waals surface area contributed by atoms with Gasteiger partial charge in [-0.15, -0.1) is 5.10 Å². The molecule has 0 spiro atoms. The van der Waals surface area contributed by atoms with Crippen molar-refractivity contribution in [3.05, 3.63) is 41.0 Å². The van der Waals surface area contributed by atoms with Gasteiger partial charge in [0.15, 0.2) is 5.82 Å². The third kappa shape index (κ3) is 4.16. The van der Waals surface area contributed by atoms with Gasteiger partial charge in [-0.1, -0.05) is 17.7 Å². The summed E-state index contributed by atoms with van der Waals surface area (Å²) in [7, 11) is 3.94. The molecule has 0 unspecified atom stereocenters. The molecule has 1 saturated heterocycles. The average Bonchev–Trinajstić information content (AvgIpc) is 2.64. The summed E-state index contributed by atoms with van der Waals surface area (Å²) in [6.45, 7) is 4.61. The van der Waals surface area contributed by atoms with E-state index in [1.807, 2.05) is 50.2 Å². The molecule has 0 saturated carbocycles. The molecule has 0 radical (unpaired) electrons. The van der Waals surface area contributed by atoms with Crippen molar-refractivity contribution in [1.82, 2.24) is 15.1 Å². The maximum Gasteiger partial charge on any atom is 0.322 e. The van der Waals surface area contributed by atoms with Gasteiger partial charge in [-0.2, -0.15) is 5.10 Å². The number of hydrogen-bond donors (Lipinski definition) is 1. The van der Waals surface area contributed by atoms with Crippen LogP contribution in [0.2, 0.25) is 5.02 Å². The summed E-state index contributed by atoms with van der Waals surface area (Å²) >= 11 is 6.20. The highest BCUT2D eigenvalue weighted by Crippen LogP contribution is 2.23. The van der Waals surface area contributed by atoms with Gasteiger partial charge in [0.25, 0.3) is 0 Å². The lowest BCUT2D eigenvalue weighted by Crippen LogP contribution is -2.50. The lowest BCUT2D eigenvalue weighted by molar-refractivity contribution is 0.208. The maximum atomic E-state index is 12.5. The number of urea groups is 1. The first-order chi connectivity index (χ1) is 12.4. The average molecular weight is 375 g/mol. The van der Waals surface area contributed by atoms with Crippen LogP contribution in [-0.4, -0.2) is 61.4 Å². The molecule has 3 rings (SSSR count). The second kappa shape index (κ2) is 7.78. The molecule has 1 aliphatic heterocycles. The van der Waals surface area contributed by atoms with E-state index in [2.05, 4.69) is 20.4 Å². The lowest BCUT2D eigenvalue weighted by atomic mass is 10.2. The van der Waals surface area contributed by atoms with Crippen LogP contribution in [-0.2, 0) is 0 Å². The normalized spacial score (nSPS) is 14.3. The van der Waals surface area contributed by atoms with Crippen molar-refractivity contribution < 1.29 is 4.79 Å². The fraction of sp³-hybridized carbons (Fsp3) is 0.389. The first-order valence-corrected chi connectivity index (χ1v) is 8.89. The van der Waals surface area contributed by atoms with E-state index in [1.165, 1.54) is 0 Å². The van der Waals surface area contributed by atoms with E-state index in [4.69, 9.17) is 11.6 Å². The van der Waals surface area contributed by atoms with E-state index >= 15 is 0 Å². The Morgan fingerprint density at radius 2 is 1.92 bits per heavy atom. The molecule has 1 aliphatic rings. The molecule has 138 valence electrons. The minimum absolute atomic E-state index is 0.136. The SMILES string of the molecule is Cc1ccc(NC(=O)N2CCN(c3cc(N(C)C)cnn3)CC2)c(Cl)c1. The van der Waals surface area contributed by atoms with E-state index in [0.29, 0.717) is 36.9 Å². The van der Waals surface area contributed by atoms with E-state index < -0.39 is 0 Å². The van der Waals surface area contributed by atoms with Crippen molar-refractivity contribution in [2.24, 2.45) is 0 Å². The first kappa shape index (κ1) is 18.3. The molecule has 2 aromatic rings. The molecular formula is C18H23ClN6O. The third-order valence-corrected chi connectivity index (χ3v) is 4.71. The standard InChI is InChI=1S/C18H23ClN6O/c1-13-4-5-16(15(19)10-13)21-18(26)25-8-6-24(7-9-25)17-11-14(23(2)3)12-20-22-17/h4-5,10-12H,6-9H2,1-3H3,(H,21,26). The van der Waals surface area contributed by atoms with Crippen LogP contribution in [0.15, 0.2) is 30.5 Å². The van der Waals surface area contributed by atoms with Crippen LogP contribution in [0.3, 0.4) is 0 Å². The topological polar surface area (TPSA) is 64.6 Å². The summed E-state index contributed by atoms with van der Waals surface area (Å²) in [5.41, 5.74) is 2.70. The van der Waals surface area contributed by atoms with Gasteiger partial charge in [-0.05, 0) is 24.6 Å². The Morgan fingerprint density at radius 1 is 1.19 bits per heavy atom. The summed E-state index contributed by atoms with van der Waals surface area (Å²) in [6.07, 6.45) is 1.73. The van der Waals surface area contributed by atoms with Crippen molar-refractivity contribution >= 4 is 34.8 Å². The number of carbonyl (C=O) groups excluding carboxylic acids is 1. The fourth-order valence-corrected chi connectivity index (χ4v) is 3.08. The summed E-state index contributed by atoms with van der Waals surface area (Å²) in [5, 5.41) is 11.7. The van der Waals surface area contributed by atoms with Gasteiger partial charge < -0.3 is 20.0 Å². The van der Waals surface area contributed by atoms with Crippen molar-refractivity contribution in [3.63, 3.8) is 0 Å². The zero-order chi connectivity index (χ0) is 18.7. The van der Waals surface area contributed by atoms with Crippen LogP contribution in [0.5, 0.6) is 0 Å². The zero-order valence-corrected chi connectivity index (χ0v) is 16.0. The number of nitrogens with zero attached hydrogens (tertiary/aromatic N) is 5. The van der Waals surface area contributed by atoms with Gasteiger partial charge in [0.1, 0.15) is 0 Å². The number of halogens is 1. The van der Waals surface area contributed by atoms with Crippen LogP contribution in [0.25, 0.3) is 0 Å². The molecule has 0 atom stereocenters. The Kier molecular flexibility index (Phi) is 5.46. The van der Waals surface area contributed by atoms with E-state index in [-0.39, 0.29) is 6.03 Å². The predicted molar refractivity (Wildman–Crippen MR) is 105 cm³/mol. The highest BCUT2D eigenvalue weighted by molar-refractivity contribution is 6.33. The summed E-state index contributed by atoms with van der Waals surface area (Å²) < 4.78 is 0. The van der Waals surface area contributed by atoms with Crippen LogP contribution in [0.4, 0.5) is 22.0 Å². The van der Waals surface area contributed by atoms with Gasteiger partial charge in [0.05, 0.1) is 22.6 Å². The van der Waals surface area contributed by atoms with Gasteiger partial charge in [0, 0.05) is 46.3 Å². The van der Waals surface area contributed by atoms with E-state index in [1.54, 1.807) is 11.1 Å². The molecule has 2 amide bonds. The second-order valence-corrected chi connectivity index (χ2v) is 6.96. The quantitative estimate of drug-likeness (QED) is 0.894. The number of rotatable bonds is 3. The third-order valence-electron chi connectivity index (χ3n) is 4.40. The molecule has 26 heavy (non-hydrogen) atoms. The fourth-order valence-electron chi connectivity index (χ4n) is 2.80. The number of amides is 2. The molecule has 1 fully saturated rings. The molecule has 1 aromatic heterocycles. The van der Waals surface area contributed by atoms with Crippen LogP contribution < -0.4 is 15.1 Å².